The zero-order valence-corrected chi connectivity index (χ0v) is 22.9. The van der Waals surface area contributed by atoms with E-state index < -0.39 is 5.82 Å². The third kappa shape index (κ3) is 5.75. The van der Waals surface area contributed by atoms with E-state index in [9.17, 15) is 9.59 Å². The summed E-state index contributed by atoms with van der Waals surface area (Å²) in [5.74, 6) is 0.343. The van der Waals surface area contributed by atoms with Crippen molar-refractivity contribution in [3.63, 3.8) is 0 Å². The van der Waals surface area contributed by atoms with Gasteiger partial charge in [0.05, 0.1) is 23.3 Å². The lowest BCUT2D eigenvalue weighted by Crippen LogP contribution is -2.48. The van der Waals surface area contributed by atoms with Crippen LogP contribution in [0.3, 0.4) is 0 Å². The van der Waals surface area contributed by atoms with Crippen LogP contribution in [0.1, 0.15) is 60.6 Å². The van der Waals surface area contributed by atoms with Gasteiger partial charge in [-0.2, -0.15) is 0 Å². The molecule has 0 aliphatic heterocycles. The molecule has 0 bridgehead atoms. The summed E-state index contributed by atoms with van der Waals surface area (Å²) < 4.78 is 26.4. The number of aromatic amines is 1. The molecule has 1 aromatic carbocycles. The second-order valence-corrected chi connectivity index (χ2v) is 11.0. The molecule has 3 N–H and O–H groups in total. The summed E-state index contributed by atoms with van der Waals surface area (Å²) in [6, 6.07) is 3.50. The molecule has 2 aliphatic carbocycles. The normalized spacial score (nSPS) is 21.1. The number of benzene rings is 1. The van der Waals surface area contributed by atoms with Crippen molar-refractivity contribution in [2.24, 2.45) is 11.8 Å². The van der Waals surface area contributed by atoms with Crippen LogP contribution in [-0.2, 0) is 9.53 Å². The lowest BCUT2D eigenvalue weighted by Gasteiger charge is -2.35. The minimum absolute atomic E-state index is 0.0370. The van der Waals surface area contributed by atoms with Crippen LogP contribution in [0.2, 0.25) is 0 Å². The fourth-order valence-corrected chi connectivity index (χ4v) is 5.47. The maximum Gasteiger partial charge on any atom is 0.255 e. The summed E-state index contributed by atoms with van der Waals surface area (Å²) in [5, 5.41) is 6.18. The zero-order chi connectivity index (χ0) is 27.7. The molecule has 2 saturated carbocycles. The molecule has 9 nitrogen and oxygen atoms in total. The van der Waals surface area contributed by atoms with Crippen LogP contribution in [0.5, 0.6) is 5.75 Å². The Balaban J connectivity index is 1.39. The molecule has 5 rings (SSSR count). The predicted octanol–water partition coefficient (Wildman–Crippen LogP) is 4.22. The van der Waals surface area contributed by atoms with Crippen LogP contribution in [0.15, 0.2) is 18.5 Å². The van der Waals surface area contributed by atoms with Crippen molar-refractivity contribution < 1.29 is 23.5 Å². The first kappa shape index (κ1) is 27.1. The van der Waals surface area contributed by atoms with Crippen molar-refractivity contribution in [1.29, 1.82) is 0 Å². The van der Waals surface area contributed by atoms with Crippen LogP contribution >= 0.6 is 0 Å². The molecule has 2 aromatic heterocycles. The molecule has 3 aromatic rings. The SMILES string of the molecule is COCC(=O)N[C@H]1CC[C@H](NC(=O)c2c(C)[nH]c3c(-c4c(OCC5CC5)ccc(C)c4F)ncnc23)[C@H](C)C1. The highest BCUT2D eigenvalue weighted by Crippen LogP contribution is 2.39. The lowest BCUT2D eigenvalue weighted by atomic mass is 9.82. The number of carbonyl (C=O) groups is 2. The Morgan fingerprint density at radius 1 is 1.13 bits per heavy atom. The van der Waals surface area contributed by atoms with E-state index in [2.05, 4.69) is 32.5 Å². The number of rotatable bonds is 9. The number of hydrogen-bond donors (Lipinski definition) is 3. The summed E-state index contributed by atoms with van der Waals surface area (Å²) in [6.45, 7) is 6.17. The van der Waals surface area contributed by atoms with Gasteiger partial charge in [0.15, 0.2) is 0 Å². The van der Waals surface area contributed by atoms with Gasteiger partial charge in [0.25, 0.3) is 5.91 Å². The van der Waals surface area contributed by atoms with E-state index in [-0.39, 0.29) is 42.0 Å². The molecule has 208 valence electrons. The van der Waals surface area contributed by atoms with E-state index >= 15 is 4.39 Å². The number of halogens is 1. The standard InChI is InChI=1S/C29H36FN5O4/c1-15-5-10-21(39-12-18-6-7-18)24(25(15)30)27-28-26(31-14-32-27)23(17(3)33-28)29(37)35-20-9-8-19(11-16(20)2)34-22(36)13-38-4/h5,10,14,16,18-20,33H,6-9,11-13H2,1-4H3,(H,34,36)(H,35,37)/t16-,19+,20+/m1/s1. The highest BCUT2D eigenvalue weighted by Gasteiger charge is 2.32. The van der Waals surface area contributed by atoms with E-state index in [1.165, 1.54) is 13.4 Å². The highest BCUT2D eigenvalue weighted by atomic mass is 19.1. The number of amides is 2. The van der Waals surface area contributed by atoms with Gasteiger partial charge in [-0.3, -0.25) is 9.59 Å². The van der Waals surface area contributed by atoms with Crippen molar-refractivity contribution in [3.8, 4) is 17.0 Å². The Bertz CT molecular complexity index is 1390. The van der Waals surface area contributed by atoms with E-state index in [4.69, 9.17) is 9.47 Å². The average molecular weight is 538 g/mol. The van der Waals surface area contributed by atoms with Gasteiger partial charge in [-0.05, 0) is 69.4 Å². The Morgan fingerprint density at radius 2 is 1.92 bits per heavy atom. The number of fused-ring (bicyclic) bond motifs is 1. The maximum atomic E-state index is 15.5. The Kier molecular flexibility index (Phi) is 7.83. The molecule has 10 heteroatoms. The van der Waals surface area contributed by atoms with Gasteiger partial charge in [-0.1, -0.05) is 13.0 Å². The maximum absolute atomic E-state index is 15.5. The lowest BCUT2D eigenvalue weighted by molar-refractivity contribution is -0.125. The number of aromatic nitrogens is 3. The van der Waals surface area contributed by atoms with Crippen molar-refractivity contribution >= 4 is 22.8 Å². The molecule has 3 atom stereocenters. The molecule has 39 heavy (non-hydrogen) atoms. The van der Waals surface area contributed by atoms with E-state index in [1.54, 1.807) is 19.1 Å². The van der Waals surface area contributed by atoms with Gasteiger partial charge < -0.3 is 25.1 Å². The van der Waals surface area contributed by atoms with Gasteiger partial charge in [0, 0.05) is 24.9 Å². The second kappa shape index (κ2) is 11.3. The van der Waals surface area contributed by atoms with E-state index in [0.29, 0.717) is 51.8 Å². The van der Waals surface area contributed by atoms with E-state index in [1.807, 2.05) is 6.92 Å². The first-order valence-electron chi connectivity index (χ1n) is 13.6. The van der Waals surface area contributed by atoms with Crippen LogP contribution in [0.4, 0.5) is 4.39 Å². The molecule has 0 unspecified atom stereocenters. The average Bonchev–Trinajstić information content (AvgIpc) is 3.66. The highest BCUT2D eigenvalue weighted by molar-refractivity contribution is 6.09. The van der Waals surface area contributed by atoms with Gasteiger partial charge in [-0.25, -0.2) is 14.4 Å². The number of H-pyrrole nitrogens is 1. The monoisotopic (exact) mass is 537 g/mol. The first-order chi connectivity index (χ1) is 18.8. The van der Waals surface area contributed by atoms with Crippen molar-refractivity contribution in [2.45, 2.75) is 65.0 Å². The fourth-order valence-electron chi connectivity index (χ4n) is 5.47. The molecule has 0 radical (unpaired) electrons. The summed E-state index contributed by atoms with van der Waals surface area (Å²) >= 11 is 0. The number of hydrogen-bond acceptors (Lipinski definition) is 6. The van der Waals surface area contributed by atoms with Gasteiger partial charge in [-0.15, -0.1) is 0 Å². The molecule has 2 aliphatic rings. The quantitative estimate of drug-likeness (QED) is 0.376. The van der Waals surface area contributed by atoms with Gasteiger partial charge in [0.1, 0.15) is 35.7 Å². The Hall–Kier alpha value is -3.53. The van der Waals surface area contributed by atoms with Crippen LogP contribution in [0, 0.1) is 31.5 Å². The molecule has 0 spiro atoms. The van der Waals surface area contributed by atoms with Crippen LogP contribution < -0.4 is 15.4 Å². The number of nitrogens with one attached hydrogen (secondary N) is 3. The van der Waals surface area contributed by atoms with Crippen molar-refractivity contribution in [2.75, 3.05) is 20.3 Å². The zero-order valence-electron chi connectivity index (χ0n) is 22.9. The number of ether oxygens (including phenoxy) is 2. The van der Waals surface area contributed by atoms with Crippen LogP contribution in [0.25, 0.3) is 22.3 Å². The fraction of sp³-hybridized carbons (Fsp3) is 0.517. The minimum Gasteiger partial charge on any atom is -0.492 e. The second-order valence-electron chi connectivity index (χ2n) is 11.0. The number of methoxy groups -OCH3 is 1. The summed E-state index contributed by atoms with van der Waals surface area (Å²) in [4.78, 5) is 37.5. The molecule has 2 heterocycles. The van der Waals surface area contributed by atoms with E-state index in [0.717, 1.165) is 32.1 Å². The summed E-state index contributed by atoms with van der Waals surface area (Å²) in [6.07, 6.45) is 5.88. The molecule has 2 amide bonds. The predicted molar refractivity (Wildman–Crippen MR) is 145 cm³/mol. The molecule has 2 fully saturated rings. The number of carbonyl (C=O) groups excluding carboxylic acids is 2. The van der Waals surface area contributed by atoms with Gasteiger partial charge >= 0.3 is 0 Å². The number of nitrogens with zero attached hydrogens (tertiary/aromatic N) is 2. The van der Waals surface area contributed by atoms with Crippen molar-refractivity contribution in [3.05, 3.63) is 41.1 Å². The molecular formula is C29H36FN5O4. The minimum atomic E-state index is -0.398. The van der Waals surface area contributed by atoms with Gasteiger partial charge in [0.2, 0.25) is 5.91 Å². The van der Waals surface area contributed by atoms with Crippen molar-refractivity contribution in [1.82, 2.24) is 25.6 Å². The number of aryl methyl sites for hydroxylation is 2. The first-order valence-corrected chi connectivity index (χ1v) is 13.6. The summed E-state index contributed by atoms with van der Waals surface area (Å²) in [5.41, 5.74) is 3.12. The molecule has 0 saturated heterocycles. The third-order valence-electron chi connectivity index (χ3n) is 7.83. The van der Waals surface area contributed by atoms with Crippen LogP contribution in [-0.4, -0.2) is 59.2 Å². The summed E-state index contributed by atoms with van der Waals surface area (Å²) in [7, 11) is 1.49. The largest absolute Gasteiger partial charge is 0.492 e. The Morgan fingerprint density at radius 3 is 2.64 bits per heavy atom. The topological polar surface area (TPSA) is 118 Å². The molecular weight excluding hydrogens is 501 g/mol. The smallest absolute Gasteiger partial charge is 0.255 e. The third-order valence-corrected chi connectivity index (χ3v) is 7.83. The Labute approximate surface area is 227 Å².